The molecule has 1 atom stereocenters. The van der Waals surface area contributed by atoms with Crippen LogP contribution in [0.5, 0.6) is 5.75 Å². The van der Waals surface area contributed by atoms with Gasteiger partial charge in [0.2, 0.25) is 0 Å². The van der Waals surface area contributed by atoms with Gasteiger partial charge in [0.05, 0.1) is 0 Å². The summed E-state index contributed by atoms with van der Waals surface area (Å²) in [6.45, 7) is 5.37. The molecule has 0 spiro atoms. The number of nitriles is 1. The Labute approximate surface area is 110 Å². The smallest absolute Gasteiger partial charge is 0.174 e. The summed E-state index contributed by atoms with van der Waals surface area (Å²) >= 11 is 0. The first-order valence-electron chi connectivity index (χ1n) is 6.62. The Kier molecular flexibility index (Phi) is 6.90. The van der Waals surface area contributed by atoms with Crippen molar-refractivity contribution >= 4 is 0 Å². The summed E-state index contributed by atoms with van der Waals surface area (Å²) in [5.74, 6) is 0.763. The van der Waals surface area contributed by atoms with Crippen molar-refractivity contribution in [1.82, 2.24) is 5.32 Å². The van der Waals surface area contributed by atoms with E-state index in [1.54, 1.807) is 0 Å². The molecule has 0 fully saturated rings. The first-order valence-corrected chi connectivity index (χ1v) is 6.62. The summed E-state index contributed by atoms with van der Waals surface area (Å²) in [6.07, 6.45) is 3.57. The molecule has 98 valence electrons. The number of ether oxygens (including phenoxy) is 1. The highest BCUT2D eigenvalue weighted by atomic mass is 16.5. The number of hydrogen-bond acceptors (Lipinski definition) is 3. The summed E-state index contributed by atoms with van der Waals surface area (Å²) in [5, 5.41) is 12.0. The Balaban J connectivity index is 2.48. The highest BCUT2D eigenvalue weighted by Crippen LogP contribution is 2.13. The standard InChI is InChI=1S/C15H22N2O/c1-3-6-14(4-2)17-12-13-7-5-8-15(11-13)18-10-9-16/h5,7-8,11,14,17H,3-4,6,10,12H2,1-2H3. The highest BCUT2D eigenvalue weighted by molar-refractivity contribution is 5.28. The molecule has 0 radical (unpaired) electrons. The van der Waals surface area contributed by atoms with Crippen LogP contribution in [0.1, 0.15) is 38.7 Å². The molecule has 18 heavy (non-hydrogen) atoms. The molecule has 1 unspecified atom stereocenters. The molecule has 0 aliphatic carbocycles. The lowest BCUT2D eigenvalue weighted by Crippen LogP contribution is -2.27. The van der Waals surface area contributed by atoms with Crippen molar-refractivity contribution in [3.05, 3.63) is 29.8 Å². The van der Waals surface area contributed by atoms with E-state index in [1.165, 1.54) is 18.4 Å². The maximum Gasteiger partial charge on any atom is 0.174 e. The van der Waals surface area contributed by atoms with Crippen LogP contribution < -0.4 is 10.1 Å². The zero-order valence-corrected chi connectivity index (χ0v) is 11.3. The molecule has 1 aromatic carbocycles. The first-order chi connectivity index (χ1) is 8.80. The molecule has 0 heterocycles. The topological polar surface area (TPSA) is 45.0 Å². The predicted octanol–water partition coefficient (Wildman–Crippen LogP) is 3.26. The monoisotopic (exact) mass is 246 g/mol. The minimum Gasteiger partial charge on any atom is -0.479 e. The lowest BCUT2D eigenvalue weighted by molar-refractivity contribution is 0.367. The molecule has 3 heteroatoms. The van der Waals surface area contributed by atoms with E-state index in [2.05, 4.69) is 25.2 Å². The van der Waals surface area contributed by atoms with Gasteiger partial charge in [-0.05, 0) is 30.5 Å². The van der Waals surface area contributed by atoms with Gasteiger partial charge in [0, 0.05) is 12.6 Å². The fourth-order valence-corrected chi connectivity index (χ4v) is 1.92. The van der Waals surface area contributed by atoms with Crippen molar-refractivity contribution in [1.29, 1.82) is 5.26 Å². The Bertz CT molecular complexity index is 384. The molecular formula is C15H22N2O. The average molecular weight is 246 g/mol. The Hall–Kier alpha value is -1.53. The van der Waals surface area contributed by atoms with Crippen molar-refractivity contribution in [2.24, 2.45) is 0 Å². The molecule has 1 rings (SSSR count). The molecule has 0 saturated heterocycles. The van der Waals surface area contributed by atoms with Gasteiger partial charge in [0.15, 0.2) is 6.61 Å². The van der Waals surface area contributed by atoms with Crippen molar-refractivity contribution < 1.29 is 4.74 Å². The van der Waals surface area contributed by atoms with E-state index in [1.807, 2.05) is 24.3 Å². The molecule has 1 N–H and O–H groups in total. The van der Waals surface area contributed by atoms with E-state index in [0.717, 1.165) is 18.7 Å². The molecule has 0 aliphatic rings. The summed E-state index contributed by atoms with van der Waals surface area (Å²) in [7, 11) is 0. The van der Waals surface area contributed by atoms with Crippen molar-refractivity contribution in [3.8, 4) is 11.8 Å². The fraction of sp³-hybridized carbons (Fsp3) is 0.533. The van der Waals surface area contributed by atoms with Crippen LogP contribution in [0.3, 0.4) is 0 Å². The maximum absolute atomic E-state index is 8.48. The van der Waals surface area contributed by atoms with Gasteiger partial charge in [0.1, 0.15) is 11.8 Å². The molecule has 0 amide bonds. The third-order valence-electron chi connectivity index (χ3n) is 2.93. The normalized spacial score (nSPS) is 11.8. The van der Waals surface area contributed by atoms with E-state index >= 15 is 0 Å². The lowest BCUT2D eigenvalue weighted by Gasteiger charge is -2.16. The third kappa shape index (κ3) is 5.20. The van der Waals surface area contributed by atoms with E-state index < -0.39 is 0 Å². The van der Waals surface area contributed by atoms with E-state index in [0.29, 0.717) is 6.04 Å². The van der Waals surface area contributed by atoms with Gasteiger partial charge >= 0.3 is 0 Å². The molecule has 3 nitrogen and oxygen atoms in total. The van der Waals surface area contributed by atoms with Crippen LogP contribution in [-0.2, 0) is 6.54 Å². The quantitative estimate of drug-likeness (QED) is 0.765. The zero-order chi connectivity index (χ0) is 13.2. The van der Waals surface area contributed by atoms with Gasteiger partial charge < -0.3 is 10.1 Å². The number of benzene rings is 1. The second kappa shape index (κ2) is 8.54. The van der Waals surface area contributed by atoms with Gasteiger partial charge in [-0.15, -0.1) is 0 Å². The summed E-state index contributed by atoms with van der Waals surface area (Å²) in [5.41, 5.74) is 1.19. The van der Waals surface area contributed by atoms with Gasteiger partial charge in [-0.1, -0.05) is 32.4 Å². The molecule has 0 aliphatic heterocycles. The summed E-state index contributed by atoms with van der Waals surface area (Å²) in [6, 6.07) is 10.5. The first kappa shape index (κ1) is 14.5. The number of hydrogen-bond donors (Lipinski definition) is 1. The third-order valence-corrected chi connectivity index (χ3v) is 2.93. The Morgan fingerprint density at radius 3 is 2.89 bits per heavy atom. The zero-order valence-electron chi connectivity index (χ0n) is 11.3. The lowest BCUT2D eigenvalue weighted by atomic mass is 10.1. The Morgan fingerprint density at radius 1 is 1.39 bits per heavy atom. The van der Waals surface area contributed by atoms with E-state index in [-0.39, 0.29) is 6.61 Å². The van der Waals surface area contributed by atoms with Crippen LogP contribution in [0.2, 0.25) is 0 Å². The fourth-order valence-electron chi connectivity index (χ4n) is 1.92. The van der Waals surface area contributed by atoms with Gasteiger partial charge in [0.25, 0.3) is 0 Å². The van der Waals surface area contributed by atoms with Crippen LogP contribution in [0.4, 0.5) is 0 Å². The van der Waals surface area contributed by atoms with Crippen LogP contribution in [0.25, 0.3) is 0 Å². The highest BCUT2D eigenvalue weighted by Gasteiger charge is 2.04. The van der Waals surface area contributed by atoms with Crippen LogP contribution >= 0.6 is 0 Å². The molecule has 0 aromatic heterocycles. The van der Waals surface area contributed by atoms with Crippen molar-refractivity contribution in [2.75, 3.05) is 6.61 Å². The van der Waals surface area contributed by atoms with Crippen molar-refractivity contribution in [2.45, 2.75) is 45.7 Å². The second-order valence-electron chi connectivity index (χ2n) is 4.37. The molecule has 0 saturated carbocycles. The van der Waals surface area contributed by atoms with E-state index in [9.17, 15) is 0 Å². The SMILES string of the molecule is CCCC(CC)NCc1cccc(OCC#N)c1. The Morgan fingerprint density at radius 2 is 2.22 bits per heavy atom. The minimum absolute atomic E-state index is 0.101. The average Bonchev–Trinajstić information content (AvgIpc) is 2.41. The van der Waals surface area contributed by atoms with Crippen LogP contribution in [0.15, 0.2) is 24.3 Å². The van der Waals surface area contributed by atoms with Crippen LogP contribution in [0, 0.1) is 11.3 Å². The van der Waals surface area contributed by atoms with Gasteiger partial charge in [-0.3, -0.25) is 0 Å². The number of nitrogens with one attached hydrogen (secondary N) is 1. The second-order valence-corrected chi connectivity index (χ2v) is 4.37. The molecular weight excluding hydrogens is 224 g/mol. The predicted molar refractivity (Wildman–Crippen MR) is 73.4 cm³/mol. The van der Waals surface area contributed by atoms with Crippen LogP contribution in [-0.4, -0.2) is 12.6 Å². The van der Waals surface area contributed by atoms with Crippen molar-refractivity contribution in [3.63, 3.8) is 0 Å². The van der Waals surface area contributed by atoms with Gasteiger partial charge in [-0.25, -0.2) is 0 Å². The van der Waals surface area contributed by atoms with E-state index in [4.69, 9.17) is 10.00 Å². The van der Waals surface area contributed by atoms with Gasteiger partial charge in [-0.2, -0.15) is 5.26 Å². The molecule has 0 bridgehead atoms. The maximum atomic E-state index is 8.48. The number of nitrogens with zero attached hydrogens (tertiary/aromatic N) is 1. The summed E-state index contributed by atoms with van der Waals surface area (Å²) in [4.78, 5) is 0. The summed E-state index contributed by atoms with van der Waals surface area (Å²) < 4.78 is 5.29. The minimum atomic E-state index is 0.101. The number of rotatable bonds is 8. The largest absolute Gasteiger partial charge is 0.479 e. The molecule has 1 aromatic rings.